The summed E-state index contributed by atoms with van der Waals surface area (Å²) >= 11 is 0. The van der Waals surface area contributed by atoms with Gasteiger partial charge in [0, 0.05) is 0 Å². The molecule has 1 saturated carbocycles. The van der Waals surface area contributed by atoms with Crippen LogP contribution in [-0.2, 0) is 6.11 Å². The fourth-order valence-corrected chi connectivity index (χ4v) is 4.02. The number of hydrogen-bond acceptors (Lipinski definition) is 1. The fourth-order valence-electron chi connectivity index (χ4n) is 4.02. The highest BCUT2D eigenvalue weighted by Crippen LogP contribution is 2.39. The Labute approximate surface area is 159 Å². The number of rotatable bonds is 6. The Kier molecular flexibility index (Phi) is 6.13. The maximum absolute atomic E-state index is 14.5. The van der Waals surface area contributed by atoms with Crippen molar-refractivity contribution in [2.24, 2.45) is 5.92 Å². The molecule has 0 unspecified atom stereocenters. The molecular weight excluding hydrogens is 349 g/mol. The molecule has 0 amide bonds. The Balaban J connectivity index is 1.71. The van der Waals surface area contributed by atoms with E-state index in [1.54, 1.807) is 18.2 Å². The zero-order chi connectivity index (χ0) is 19.4. The number of aryl methyl sites for hydroxylation is 1. The van der Waals surface area contributed by atoms with Crippen LogP contribution in [0.4, 0.5) is 13.2 Å². The summed E-state index contributed by atoms with van der Waals surface area (Å²) in [6.07, 6.45) is 2.98. The number of alkyl halides is 2. The molecule has 0 N–H and O–H groups in total. The molecule has 0 aliphatic heterocycles. The molecule has 0 spiro atoms. The molecule has 0 saturated heterocycles. The second-order valence-corrected chi connectivity index (χ2v) is 7.68. The third-order valence-electron chi connectivity index (χ3n) is 5.59. The van der Waals surface area contributed by atoms with E-state index in [1.165, 1.54) is 37.1 Å². The zero-order valence-electron chi connectivity index (χ0n) is 16.0. The van der Waals surface area contributed by atoms with Crippen LogP contribution in [0.5, 0.6) is 5.75 Å². The van der Waals surface area contributed by atoms with Crippen LogP contribution >= 0.6 is 0 Å². The maximum Gasteiger partial charge on any atom is 0.429 e. The first-order valence-corrected chi connectivity index (χ1v) is 9.82. The lowest BCUT2D eigenvalue weighted by Crippen LogP contribution is -2.23. The third kappa shape index (κ3) is 4.85. The molecule has 146 valence electrons. The fraction of sp³-hybridized carbons (Fsp3) is 0.478. The lowest BCUT2D eigenvalue weighted by molar-refractivity contribution is -0.187. The Hall–Kier alpha value is -1.97. The van der Waals surface area contributed by atoms with Gasteiger partial charge in [0.2, 0.25) is 0 Å². The first kappa shape index (κ1) is 19.8. The molecule has 2 aromatic carbocycles. The van der Waals surface area contributed by atoms with Crippen molar-refractivity contribution >= 4 is 0 Å². The summed E-state index contributed by atoms with van der Waals surface area (Å²) in [6, 6.07) is 10.4. The Morgan fingerprint density at radius 3 is 2.26 bits per heavy atom. The molecule has 2 aromatic rings. The second kappa shape index (κ2) is 8.37. The average molecular weight is 376 g/mol. The van der Waals surface area contributed by atoms with Gasteiger partial charge in [-0.25, -0.2) is 4.39 Å². The molecule has 27 heavy (non-hydrogen) atoms. The predicted octanol–water partition coefficient (Wildman–Crippen LogP) is 7.34. The minimum absolute atomic E-state index is 0.0170. The van der Waals surface area contributed by atoms with E-state index in [4.69, 9.17) is 4.74 Å². The van der Waals surface area contributed by atoms with Crippen molar-refractivity contribution in [3.63, 3.8) is 0 Å². The van der Waals surface area contributed by atoms with Crippen LogP contribution in [0.1, 0.15) is 68.1 Å². The van der Waals surface area contributed by atoms with Gasteiger partial charge in [-0.15, -0.1) is 0 Å². The van der Waals surface area contributed by atoms with Crippen LogP contribution in [0.2, 0.25) is 0 Å². The zero-order valence-corrected chi connectivity index (χ0v) is 16.0. The second-order valence-electron chi connectivity index (χ2n) is 7.68. The molecule has 0 aromatic heterocycles. The van der Waals surface area contributed by atoms with Crippen molar-refractivity contribution in [2.45, 2.75) is 64.4 Å². The van der Waals surface area contributed by atoms with E-state index < -0.39 is 17.5 Å². The Morgan fingerprint density at radius 1 is 1.00 bits per heavy atom. The molecule has 0 radical (unpaired) electrons. The molecule has 0 atom stereocenters. The van der Waals surface area contributed by atoms with E-state index in [-0.39, 0.29) is 11.7 Å². The van der Waals surface area contributed by atoms with Crippen molar-refractivity contribution in [2.75, 3.05) is 0 Å². The van der Waals surface area contributed by atoms with E-state index in [2.05, 4.69) is 6.92 Å². The molecule has 0 bridgehead atoms. The SMILES string of the molecule is CCCC1CCC(c2ccc(C(F)(F)Oc3ccc(C)cc3)c(F)c2)CC1. The molecule has 0 heterocycles. The standard InChI is InChI=1S/C23H27F3O/c1-3-4-17-7-9-18(10-8-17)19-11-14-21(22(24)15-19)23(25,26)27-20-12-5-16(2)6-13-20/h5-6,11-15,17-18H,3-4,7-10H2,1-2H3. The first-order valence-electron chi connectivity index (χ1n) is 9.82. The Bertz CT molecular complexity index is 747. The lowest BCUT2D eigenvalue weighted by atomic mass is 9.77. The van der Waals surface area contributed by atoms with Crippen molar-refractivity contribution in [3.8, 4) is 5.75 Å². The van der Waals surface area contributed by atoms with Crippen LogP contribution in [0.15, 0.2) is 42.5 Å². The van der Waals surface area contributed by atoms with Crippen LogP contribution in [0, 0.1) is 18.7 Å². The maximum atomic E-state index is 14.5. The number of halogens is 3. The average Bonchev–Trinajstić information content (AvgIpc) is 2.64. The van der Waals surface area contributed by atoms with Crippen LogP contribution in [0.3, 0.4) is 0 Å². The van der Waals surface area contributed by atoms with Gasteiger partial charge in [-0.3, -0.25) is 0 Å². The highest BCUT2D eigenvalue weighted by molar-refractivity contribution is 5.31. The third-order valence-corrected chi connectivity index (χ3v) is 5.59. The molecule has 4 heteroatoms. The monoisotopic (exact) mass is 376 g/mol. The molecule has 1 fully saturated rings. The molecular formula is C23H27F3O. The number of benzene rings is 2. The highest BCUT2D eigenvalue weighted by Gasteiger charge is 2.38. The van der Waals surface area contributed by atoms with Gasteiger partial charge in [0.15, 0.2) is 0 Å². The summed E-state index contributed by atoms with van der Waals surface area (Å²) in [5, 5.41) is 0. The Morgan fingerprint density at radius 2 is 1.67 bits per heavy atom. The van der Waals surface area contributed by atoms with Crippen molar-refractivity contribution in [1.29, 1.82) is 0 Å². The van der Waals surface area contributed by atoms with E-state index in [0.717, 1.165) is 42.7 Å². The lowest BCUT2D eigenvalue weighted by Gasteiger charge is -2.29. The summed E-state index contributed by atoms with van der Waals surface area (Å²) in [5.74, 6) is 0.125. The number of ether oxygens (including phenoxy) is 1. The summed E-state index contributed by atoms with van der Waals surface area (Å²) in [5.41, 5.74) is 1.04. The van der Waals surface area contributed by atoms with Gasteiger partial charge in [0.25, 0.3) is 0 Å². The normalized spacial score (nSPS) is 20.5. The van der Waals surface area contributed by atoms with Gasteiger partial charge < -0.3 is 4.74 Å². The van der Waals surface area contributed by atoms with Crippen LogP contribution in [-0.4, -0.2) is 0 Å². The minimum atomic E-state index is -3.71. The molecule has 1 aliphatic carbocycles. The van der Waals surface area contributed by atoms with Crippen molar-refractivity contribution < 1.29 is 17.9 Å². The smallest absolute Gasteiger partial charge is 0.429 e. The van der Waals surface area contributed by atoms with Crippen molar-refractivity contribution in [3.05, 3.63) is 65.0 Å². The van der Waals surface area contributed by atoms with E-state index in [0.29, 0.717) is 0 Å². The predicted molar refractivity (Wildman–Crippen MR) is 102 cm³/mol. The van der Waals surface area contributed by atoms with Gasteiger partial charge in [-0.2, -0.15) is 8.78 Å². The largest absolute Gasteiger partial charge is 0.429 e. The highest BCUT2D eigenvalue weighted by atomic mass is 19.3. The quantitative estimate of drug-likeness (QED) is 0.512. The molecule has 3 rings (SSSR count). The van der Waals surface area contributed by atoms with Gasteiger partial charge in [-0.05, 0) is 74.3 Å². The summed E-state index contributed by atoms with van der Waals surface area (Å²) in [4.78, 5) is 0. The van der Waals surface area contributed by atoms with E-state index in [9.17, 15) is 13.2 Å². The summed E-state index contributed by atoms with van der Waals surface area (Å²) in [7, 11) is 0. The number of hydrogen-bond donors (Lipinski definition) is 0. The molecule has 1 aliphatic rings. The van der Waals surface area contributed by atoms with Gasteiger partial charge >= 0.3 is 6.11 Å². The molecule has 1 nitrogen and oxygen atoms in total. The first-order chi connectivity index (χ1) is 12.9. The summed E-state index contributed by atoms with van der Waals surface area (Å²) < 4.78 is 48.2. The van der Waals surface area contributed by atoms with Crippen LogP contribution in [0.25, 0.3) is 0 Å². The summed E-state index contributed by atoms with van der Waals surface area (Å²) in [6.45, 7) is 4.05. The van der Waals surface area contributed by atoms with Gasteiger partial charge in [0.05, 0.1) is 5.56 Å². The minimum Gasteiger partial charge on any atom is -0.429 e. The van der Waals surface area contributed by atoms with E-state index >= 15 is 0 Å². The van der Waals surface area contributed by atoms with E-state index in [1.807, 2.05) is 6.92 Å². The van der Waals surface area contributed by atoms with Crippen LogP contribution < -0.4 is 4.74 Å². The van der Waals surface area contributed by atoms with Crippen molar-refractivity contribution in [1.82, 2.24) is 0 Å². The van der Waals surface area contributed by atoms with Gasteiger partial charge in [-0.1, -0.05) is 43.5 Å². The topological polar surface area (TPSA) is 9.23 Å². The van der Waals surface area contributed by atoms with Gasteiger partial charge in [0.1, 0.15) is 11.6 Å².